The zero-order valence-electron chi connectivity index (χ0n) is 12.3. The van der Waals surface area contributed by atoms with Gasteiger partial charge in [-0.3, -0.25) is 0 Å². The molecule has 0 amide bonds. The summed E-state index contributed by atoms with van der Waals surface area (Å²) in [7, 11) is 0. The summed E-state index contributed by atoms with van der Waals surface area (Å²) in [6.07, 6.45) is 3.99. The number of benzene rings is 2. The second-order valence-corrected chi connectivity index (χ2v) is 8.18. The van der Waals surface area contributed by atoms with Gasteiger partial charge >= 0.3 is 31.0 Å². The van der Waals surface area contributed by atoms with E-state index in [9.17, 15) is 0 Å². The van der Waals surface area contributed by atoms with Crippen molar-refractivity contribution in [2.24, 2.45) is 0 Å². The van der Waals surface area contributed by atoms with Gasteiger partial charge in [0.1, 0.15) is 0 Å². The molecule has 21 heavy (non-hydrogen) atoms. The molecule has 0 atom stereocenters. The van der Waals surface area contributed by atoms with Crippen molar-refractivity contribution in [2.75, 3.05) is 0 Å². The number of fused-ring (bicyclic) bond motifs is 2. The first-order valence-corrected chi connectivity index (χ1v) is 13.5. The Bertz CT molecular complexity index is 646. The van der Waals surface area contributed by atoms with E-state index in [0.29, 0.717) is 0 Å². The quantitative estimate of drug-likeness (QED) is 0.356. The van der Waals surface area contributed by atoms with Gasteiger partial charge in [-0.1, -0.05) is 48.5 Å². The average Bonchev–Trinajstić information content (AvgIpc) is 3.17. The minimum atomic E-state index is 0.230. The number of aromatic amines is 1. The van der Waals surface area contributed by atoms with Crippen LogP contribution in [0.1, 0.15) is 0 Å². The van der Waals surface area contributed by atoms with E-state index in [0.717, 1.165) is 0 Å². The van der Waals surface area contributed by atoms with Crippen LogP contribution >= 0.6 is 11.3 Å². The molecule has 0 aliphatic heterocycles. The molecule has 0 aliphatic carbocycles. The molecular weight excluding hydrogens is 381 g/mol. The van der Waals surface area contributed by atoms with Crippen LogP contribution in [-0.2, 0) is 0 Å². The maximum absolute atomic E-state index is 3.04. The fourth-order valence-corrected chi connectivity index (χ4v) is 2.69. The first-order valence-electron chi connectivity index (χ1n) is 6.86. The van der Waals surface area contributed by atoms with Crippen molar-refractivity contribution in [3.05, 3.63) is 71.7 Å². The second-order valence-electron chi connectivity index (χ2n) is 4.58. The van der Waals surface area contributed by atoms with E-state index in [1.165, 1.54) is 21.5 Å². The molecule has 2 aromatic heterocycles. The van der Waals surface area contributed by atoms with E-state index >= 15 is 0 Å². The third kappa shape index (κ3) is 4.90. The van der Waals surface area contributed by atoms with E-state index in [4.69, 9.17) is 0 Å². The van der Waals surface area contributed by atoms with Gasteiger partial charge in [0.05, 0.1) is 0 Å². The van der Waals surface area contributed by atoms with Crippen LogP contribution in [-0.4, -0.2) is 26.1 Å². The molecule has 4 rings (SSSR count). The normalized spacial score (nSPS) is 9.62. The summed E-state index contributed by atoms with van der Waals surface area (Å²) >= 11 is 1.98. The van der Waals surface area contributed by atoms with Crippen molar-refractivity contribution >= 4 is 54.0 Å². The van der Waals surface area contributed by atoms with E-state index in [2.05, 4.69) is 62.0 Å². The van der Waals surface area contributed by atoms with Gasteiger partial charge in [-0.15, -0.1) is 0 Å². The number of hydrogen-bond donors (Lipinski definition) is 1. The number of aromatic nitrogens is 1. The molecular formula is C18H19NSSn. The minimum absolute atomic E-state index is 0.230. The van der Waals surface area contributed by atoms with Gasteiger partial charge in [0, 0.05) is 12.4 Å². The van der Waals surface area contributed by atoms with Crippen LogP contribution in [0.25, 0.3) is 21.5 Å². The molecule has 0 spiro atoms. The topological polar surface area (TPSA) is 15.8 Å². The monoisotopic (exact) mass is 401 g/mol. The molecule has 1 N–H and O–H groups in total. The molecule has 0 unspecified atom stereocenters. The molecule has 0 fully saturated rings. The predicted octanol–water partition coefficient (Wildman–Crippen LogP) is 5.86. The van der Waals surface area contributed by atoms with Crippen molar-refractivity contribution in [3.63, 3.8) is 0 Å². The molecule has 0 saturated carbocycles. The fourth-order valence-electron chi connectivity index (χ4n) is 1.90. The van der Waals surface area contributed by atoms with Gasteiger partial charge in [0.15, 0.2) is 0 Å². The van der Waals surface area contributed by atoms with Crippen LogP contribution in [0.4, 0.5) is 0 Å². The number of nitrogens with one attached hydrogen (secondary N) is 1. The van der Waals surface area contributed by atoms with Crippen molar-refractivity contribution in [3.8, 4) is 0 Å². The summed E-state index contributed by atoms with van der Waals surface area (Å²) in [4.78, 5) is 7.63. The molecule has 0 saturated heterocycles. The van der Waals surface area contributed by atoms with E-state index in [1.807, 2.05) is 24.5 Å². The van der Waals surface area contributed by atoms with Gasteiger partial charge in [0.25, 0.3) is 0 Å². The van der Waals surface area contributed by atoms with Crippen LogP contribution < -0.4 is 0 Å². The molecule has 0 aliphatic rings. The molecule has 106 valence electrons. The van der Waals surface area contributed by atoms with Gasteiger partial charge in [-0.05, 0) is 32.3 Å². The van der Waals surface area contributed by atoms with Crippen LogP contribution in [0.2, 0.25) is 9.88 Å². The van der Waals surface area contributed by atoms with Crippen LogP contribution in [0.5, 0.6) is 0 Å². The zero-order valence-corrected chi connectivity index (χ0v) is 16.0. The van der Waals surface area contributed by atoms with E-state index in [-0.39, 0.29) is 21.1 Å². The third-order valence-corrected chi connectivity index (χ3v) is 3.64. The first kappa shape index (κ1) is 16.1. The number of H-pyrrole nitrogens is 1. The number of rotatable bonds is 0. The standard InChI is InChI=1S/C8H7N.C8H6S.2CH3.Sn/c2*1-2-4-8-6-9-5-7(8)3-1;;;/h1-6,9H;1-6H;2*1H3;. The molecule has 2 radical (unpaired) electrons. The van der Waals surface area contributed by atoms with E-state index in [1.54, 1.807) is 11.3 Å². The minimum Gasteiger partial charge on any atom is -0.366 e. The Morgan fingerprint density at radius 2 is 1.10 bits per heavy atom. The van der Waals surface area contributed by atoms with Gasteiger partial charge in [0.2, 0.25) is 0 Å². The molecule has 2 heterocycles. The van der Waals surface area contributed by atoms with Gasteiger partial charge in [-0.25, -0.2) is 0 Å². The summed E-state index contributed by atoms with van der Waals surface area (Å²) in [5, 5.41) is 9.57. The average molecular weight is 400 g/mol. The summed E-state index contributed by atoms with van der Waals surface area (Å²) < 4.78 is 0. The summed E-state index contributed by atoms with van der Waals surface area (Å²) in [6.45, 7) is 0. The fraction of sp³-hybridized carbons (Fsp3) is 0.111. The Balaban J connectivity index is 0.000000130. The Labute approximate surface area is 140 Å². The first-order chi connectivity index (χ1) is 10.3. The summed E-state index contributed by atoms with van der Waals surface area (Å²) in [6, 6.07) is 16.6. The van der Waals surface area contributed by atoms with Crippen LogP contribution in [0.15, 0.2) is 71.7 Å². The third-order valence-electron chi connectivity index (χ3n) is 2.86. The molecule has 2 aromatic carbocycles. The Kier molecular flexibility index (Phi) is 6.83. The van der Waals surface area contributed by atoms with Crippen molar-refractivity contribution in [2.45, 2.75) is 9.88 Å². The maximum Gasteiger partial charge on any atom is 0.00843 e. The SMILES string of the molecule is [CH3][Sn][CH3].c1ccc2c[nH]cc2c1.c1ccc2cscc2c1. The Hall–Kier alpha value is -1.26. The van der Waals surface area contributed by atoms with Crippen molar-refractivity contribution < 1.29 is 0 Å². The Morgan fingerprint density at radius 1 is 0.714 bits per heavy atom. The summed E-state index contributed by atoms with van der Waals surface area (Å²) in [5.41, 5.74) is 0. The maximum atomic E-state index is 3.04. The van der Waals surface area contributed by atoms with E-state index < -0.39 is 0 Å². The van der Waals surface area contributed by atoms with Gasteiger partial charge in [-0.2, -0.15) is 11.3 Å². The Morgan fingerprint density at radius 3 is 1.52 bits per heavy atom. The van der Waals surface area contributed by atoms with Crippen molar-refractivity contribution in [1.29, 1.82) is 0 Å². The molecule has 3 heteroatoms. The zero-order chi connectivity index (χ0) is 14.9. The predicted molar refractivity (Wildman–Crippen MR) is 97.6 cm³/mol. The number of thiophene rings is 1. The molecule has 1 nitrogen and oxygen atoms in total. The summed E-state index contributed by atoms with van der Waals surface area (Å²) in [5.74, 6) is 0. The van der Waals surface area contributed by atoms with Crippen LogP contribution in [0, 0.1) is 0 Å². The van der Waals surface area contributed by atoms with Crippen molar-refractivity contribution in [1.82, 2.24) is 4.98 Å². The van der Waals surface area contributed by atoms with Gasteiger partial charge < -0.3 is 4.98 Å². The smallest absolute Gasteiger partial charge is 0.00843 e. The largest absolute Gasteiger partial charge is 0.366 e. The second kappa shape index (κ2) is 8.90. The molecule has 4 aromatic rings. The van der Waals surface area contributed by atoms with Crippen LogP contribution in [0.3, 0.4) is 0 Å². The number of hydrogen-bond acceptors (Lipinski definition) is 1. The molecule has 0 bridgehead atoms.